The quantitative estimate of drug-likeness (QED) is 0.625. The average molecular weight is 443 g/mol. The third-order valence-corrected chi connectivity index (χ3v) is 9.57. The minimum absolute atomic E-state index is 0.0237. The molecule has 172 valence electrons. The molecule has 0 radical (unpaired) electrons. The van der Waals surface area contributed by atoms with Gasteiger partial charge in [-0.2, -0.15) is 0 Å². The second kappa shape index (κ2) is 7.33. The van der Waals surface area contributed by atoms with Crippen LogP contribution in [0, 0.1) is 11.3 Å². The van der Waals surface area contributed by atoms with E-state index in [4.69, 9.17) is 0 Å². The van der Waals surface area contributed by atoms with Crippen LogP contribution in [0.4, 0.5) is 4.79 Å². The van der Waals surface area contributed by atoms with Gasteiger partial charge >= 0.3 is 6.09 Å². The Bertz CT molecular complexity index is 1080. The van der Waals surface area contributed by atoms with Crippen LogP contribution < -0.4 is 0 Å². The second-order valence-corrected chi connectivity index (χ2v) is 11.5. The molecule has 1 spiro atoms. The van der Waals surface area contributed by atoms with Gasteiger partial charge in [0.1, 0.15) is 0 Å². The largest absolute Gasteiger partial charge is 0.465 e. The lowest BCUT2D eigenvalue weighted by atomic mass is 9.73. The van der Waals surface area contributed by atoms with Gasteiger partial charge in [-0.05, 0) is 110 Å². The van der Waals surface area contributed by atoms with E-state index in [0.717, 1.165) is 51.2 Å². The minimum Gasteiger partial charge on any atom is -0.465 e. The Labute approximate surface area is 196 Å². The predicted molar refractivity (Wildman–Crippen MR) is 129 cm³/mol. The molecule has 2 bridgehead atoms. The Morgan fingerprint density at radius 2 is 1.67 bits per heavy atom. The fraction of sp³-hybridized carbons (Fsp3) is 0.552. The first-order chi connectivity index (χ1) is 16.1. The molecule has 3 heterocycles. The van der Waals surface area contributed by atoms with E-state index in [1.165, 1.54) is 53.5 Å². The minimum atomic E-state index is -0.711. The van der Waals surface area contributed by atoms with Gasteiger partial charge in [-0.25, -0.2) is 4.79 Å². The molecule has 0 aromatic heterocycles. The summed E-state index contributed by atoms with van der Waals surface area (Å²) in [4.78, 5) is 17.2. The van der Waals surface area contributed by atoms with Crippen molar-refractivity contribution in [1.29, 1.82) is 0 Å². The van der Waals surface area contributed by atoms with Gasteiger partial charge in [0.15, 0.2) is 0 Å². The van der Waals surface area contributed by atoms with Gasteiger partial charge in [-0.1, -0.05) is 42.5 Å². The Morgan fingerprint density at radius 1 is 0.939 bits per heavy atom. The van der Waals surface area contributed by atoms with Crippen LogP contribution in [-0.2, 0) is 6.42 Å². The van der Waals surface area contributed by atoms with Crippen molar-refractivity contribution in [1.82, 2.24) is 9.80 Å². The lowest BCUT2D eigenvalue weighted by molar-refractivity contribution is -0.0243. The first-order valence-corrected chi connectivity index (χ1v) is 13.1. The lowest BCUT2D eigenvalue weighted by Crippen LogP contribution is -2.60. The van der Waals surface area contributed by atoms with E-state index in [1.54, 1.807) is 0 Å². The van der Waals surface area contributed by atoms with E-state index < -0.39 is 6.09 Å². The highest BCUT2D eigenvalue weighted by molar-refractivity contribution is 5.69. The molecule has 2 aromatic carbocycles. The Balaban J connectivity index is 1.25. The number of carboxylic acid groups (broad SMARTS) is 1. The van der Waals surface area contributed by atoms with Gasteiger partial charge in [-0.15, -0.1) is 0 Å². The Hall–Kier alpha value is -2.33. The van der Waals surface area contributed by atoms with Crippen LogP contribution >= 0.6 is 0 Å². The average Bonchev–Trinajstić information content (AvgIpc) is 3.78. The maximum absolute atomic E-state index is 12.8. The smallest absolute Gasteiger partial charge is 0.408 e. The van der Waals surface area contributed by atoms with Gasteiger partial charge in [-0.3, -0.25) is 4.90 Å². The standard InChI is InChI=1S/C29H34N2O2/c32-28(33)31(26-18-30-15-10-22(26)11-16-30)27-25-8-7-23(17-24(25)9-12-29(27)13-14-29)21-5-3-20(4-6-21)19-1-2-19/h3-8,17,19,22,26-27H,1-2,9-16,18H2,(H,32,33)/t26?,27-/m1/s1. The summed E-state index contributed by atoms with van der Waals surface area (Å²) in [7, 11) is 0. The van der Waals surface area contributed by atoms with Crippen molar-refractivity contribution in [2.24, 2.45) is 11.3 Å². The maximum Gasteiger partial charge on any atom is 0.408 e. The van der Waals surface area contributed by atoms with E-state index in [-0.39, 0.29) is 17.5 Å². The number of hydrogen-bond acceptors (Lipinski definition) is 2. The fourth-order valence-corrected chi connectivity index (χ4v) is 7.30. The summed E-state index contributed by atoms with van der Waals surface area (Å²) in [6.07, 6.45) is 8.80. The van der Waals surface area contributed by atoms with Crippen molar-refractivity contribution in [2.45, 2.75) is 69.4 Å². The van der Waals surface area contributed by atoms with Crippen LogP contribution in [0.5, 0.6) is 0 Å². The van der Waals surface area contributed by atoms with E-state index in [2.05, 4.69) is 47.4 Å². The van der Waals surface area contributed by atoms with Crippen LogP contribution in [0.3, 0.4) is 0 Å². The molecule has 3 aliphatic carbocycles. The molecule has 2 atom stereocenters. The molecule has 1 unspecified atom stereocenters. The first-order valence-electron chi connectivity index (χ1n) is 13.1. The van der Waals surface area contributed by atoms with Gasteiger partial charge in [0.25, 0.3) is 0 Å². The summed E-state index contributed by atoms with van der Waals surface area (Å²) >= 11 is 0. The molecule has 3 aliphatic heterocycles. The number of hydrogen-bond donors (Lipinski definition) is 1. The fourth-order valence-electron chi connectivity index (χ4n) is 7.30. The van der Waals surface area contributed by atoms with E-state index in [0.29, 0.717) is 5.92 Å². The second-order valence-electron chi connectivity index (χ2n) is 11.5. The SMILES string of the molecule is O=C(O)N(C1CN2CCC1CC2)[C@@H]1c2ccc(-c3ccc(C4CC4)cc3)cc2CCC12CC2. The summed E-state index contributed by atoms with van der Waals surface area (Å²) < 4.78 is 0. The van der Waals surface area contributed by atoms with Crippen molar-refractivity contribution in [3.8, 4) is 11.1 Å². The highest BCUT2D eigenvalue weighted by Gasteiger charge is 2.57. The molecule has 6 aliphatic rings. The molecule has 3 saturated heterocycles. The Morgan fingerprint density at radius 3 is 2.27 bits per heavy atom. The number of aryl methyl sites for hydroxylation is 1. The summed E-state index contributed by atoms with van der Waals surface area (Å²) in [6.45, 7) is 3.21. The zero-order valence-electron chi connectivity index (χ0n) is 19.4. The van der Waals surface area contributed by atoms with Crippen molar-refractivity contribution in [2.75, 3.05) is 19.6 Å². The number of amides is 1. The summed E-state index contributed by atoms with van der Waals surface area (Å²) in [6, 6.07) is 16.2. The first kappa shape index (κ1) is 20.1. The predicted octanol–water partition coefficient (Wildman–Crippen LogP) is 6.07. The van der Waals surface area contributed by atoms with Crippen LogP contribution in [0.25, 0.3) is 11.1 Å². The van der Waals surface area contributed by atoms with Gasteiger partial charge < -0.3 is 10.0 Å². The third kappa shape index (κ3) is 3.32. The molecule has 2 saturated carbocycles. The summed E-state index contributed by atoms with van der Waals surface area (Å²) in [5, 5.41) is 10.5. The summed E-state index contributed by atoms with van der Waals surface area (Å²) in [5.74, 6) is 1.31. The maximum atomic E-state index is 12.8. The van der Waals surface area contributed by atoms with E-state index in [9.17, 15) is 9.90 Å². The van der Waals surface area contributed by atoms with Gasteiger partial charge in [0.05, 0.1) is 12.1 Å². The van der Waals surface area contributed by atoms with Crippen molar-refractivity contribution in [3.05, 3.63) is 59.2 Å². The molecule has 1 N–H and O–H groups in total. The number of piperidine rings is 3. The molecule has 2 aromatic rings. The van der Waals surface area contributed by atoms with Crippen LogP contribution in [0.1, 0.15) is 73.6 Å². The monoisotopic (exact) mass is 442 g/mol. The van der Waals surface area contributed by atoms with E-state index in [1.807, 2.05) is 4.90 Å². The van der Waals surface area contributed by atoms with E-state index >= 15 is 0 Å². The zero-order valence-corrected chi connectivity index (χ0v) is 19.4. The molecule has 4 heteroatoms. The molecule has 5 fully saturated rings. The molecular formula is C29H34N2O2. The lowest BCUT2D eigenvalue weighted by Gasteiger charge is -2.52. The highest BCUT2D eigenvalue weighted by Crippen LogP contribution is 2.64. The van der Waals surface area contributed by atoms with Gasteiger partial charge in [0, 0.05) is 6.54 Å². The zero-order chi connectivity index (χ0) is 22.2. The molecule has 8 rings (SSSR count). The van der Waals surface area contributed by atoms with Crippen LogP contribution in [0.2, 0.25) is 0 Å². The van der Waals surface area contributed by atoms with Crippen molar-refractivity contribution < 1.29 is 9.90 Å². The summed E-state index contributed by atoms with van der Waals surface area (Å²) in [5.41, 5.74) is 6.85. The highest BCUT2D eigenvalue weighted by atomic mass is 16.4. The molecular weight excluding hydrogens is 408 g/mol. The number of carbonyl (C=O) groups is 1. The van der Waals surface area contributed by atoms with Crippen molar-refractivity contribution in [3.63, 3.8) is 0 Å². The number of benzene rings is 2. The molecule has 4 nitrogen and oxygen atoms in total. The number of nitrogens with zero attached hydrogens (tertiary/aromatic N) is 2. The topological polar surface area (TPSA) is 43.8 Å². The van der Waals surface area contributed by atoms with Gasteiger partial charge in [0.2, 0.25) is 0 Å². The molecule has 1 amide bonds. The third-order valence-electron chi connectivity index (χ3n) is 9.57. The van der Waals surface area contributed by atoms with Crippen molar-refractivity contribution >= 4 is 6.09 Å². The normalized spacial score (nSPS) is 31.3. The van der Waals surface area contributed by atoms with Crippen LogP contribution in [-0.4, -0.2) is 46.7 Å². The number of rotatable bonds is 4. The molecule has 33 heavy (non-hydrogen) atoms. The Kier molecular flexibility index (Phi) is 4.46. The number of fused-ring (bicyclic) bond motifs is 4. The van der Waals surface area contributed by atoms with Crippen LogP contribution in [0.15, 0.2) is 42.5 Å².